The molecule has 1 saturated heterocycles. The molecule has 0 amide bonds. The second-order valence-corrected chi connectivity index (χ2v) is 8.18. The van der Waals surface area contributed by atoms with E-state index in [1.54, 1.807) is 30.1 Å². The summed E-state index contributed by atoms with van der Waals surface area (Å²) < 4.78 is 0. The van der Waals surface area contributed by atoms with Crippen molar-refractivity contribution in [3.63, 3.8) is 0 Å². The standard InChI is InChI=1S/C16H28N6O3S2/c1-17-15(10-22(24)25)18-2-9-26-12-14-13-27-16(19-14)11-21-5-3-20(4-6-21)7-8-23/h10,13,17-18,23H,2-9,11-12H2,1H3/b15-10-. The fourth-order valence-corrected chi connectivity index (χ4v) is 4.42. The van der Waals surface area contributed by atoms with Gasteiger partial charge in [0.15, 0.2) is 5.82 Å². The number of nitrogens with one attached hydrogen (secondary N) is 2. The van der Waals surface area contributed by atoms with Crippen molar-refractivity contribution in [2.24, 2.45) is 0 Å². The molecule has 0 spiro atoms. The lowest BCUT2D eigenvalue weighted by atomic mass is 10.3. The summed E-state index contributed by atoms with van der Waals surface area (Å²) in [7, 11) is 1.65. The van der Waals surface area contributed by atoms with Gasteiger partial charge >= 0.3 is 0 Å². The van der Waals surface area contributed by atoms with E-state index in [2.05, 4.69) is 25.8 Å². The first-order valence-electron chi connectivity index (χ1n) is 8.94. The molecule has 1 aromatic rings. The Morgan fingerprint density at radius 2 is 2.19 bits per heavy atom. The van der Waals surface area contributed by atoms with Crippen LogP contribution < -0.4 is 10.6 Å². The van der Waals surface area contributed by atoms with Crippen molar-refractivity contribution in [3.05, 3.63) is 38.2 Å². The highest BCUT2D eigenvalue weighted by Crippen LogP contribution is 2.17. The molecule has 11 heteroatoms. The maximum absolute atomic E-state index is 10.5. The lowest BCUT2D eigenvalue weighted by molar-refractivity contribution is -0.404. The van der Waals surface area contributed by atoms with Crippen molar-refractivity contribution < 1.29 is 10.0 Å². The molecule has 1 aliphatic heterocycles. The number of hydrogen-bond donors (Lipinski definition) is 3. The molecule has 0 atom stereocenters. The smallest absolute Gasteiger partial charge is 0.274 e. The summed E-state index contributed by atoms with van der Waals surface area (Å²) in [6, 6.07) is 0. The minimum atomic E-state index is -0.477. The average molecular weight is 417 g/mol. The van der Waals surface area contributed by atoms with Crippen molar-refractivity contribution in [2.45, 2.75) is 12.3 Å². The van der Waals surface area contributed by atoms with Gasteiger partial charge in [-0.25, -0.2) is 4.98 Å². The predicted molar refractivity (Wildman–Crippen MR) is 109 cm³/mol. The number of nitrogens with zero attached hydrogens (tertiary/aromatic N) is 4. The van der Waals surface area contributed by atoms with E-state index < -0.39 is 4.92 Å². The van der Waals surface area contributed by atoms with E-state index in [-0.39, 0.29) is 6.61 Å². The van der Waals surface area contributed by atoms with Crippen LogP contribution in [0, 0.1) is 10.1 Å². The molecule has 3 N–H and O–H groups in total. The molecule has 1 fully saturated rings. The summed E-state index contributed by atoms with van der Waals surface area (Å²) in [5, 5.41) is 28.5. The molecule has 152 valence electrons. The predicted octanol–water partition coefficient (Wildman–Crippen LogP) is 0.371. The Hall–Kier alpha value is -1.40. The Kier molecular flexibility index (Phi) is 9.84. The molecule has 0 aromatic carbocycles. The zero-order valence-electron chi connectivity index (χ0n) is 15.6. The molecule has 1 aromatic heterocycles. The number of aromatic nitrogens is 1. The molecule has 0 radical (unpaired) electrons. The molecule has 2 rings (SSSR count). The van der Waals surface area contributed by atoms with Gasteiger partial charge in [-0.3, -0.25) is 19.9 Å². The number of aliphatic hydroxyl groups is 1. The third-order valence-electron chi connectivity index (χ3n) is 4.15. The van der Waals surface area contributed by atoms with E-state index in [1.165, 1.54) is 0 Å². The molecule has 27 heavy (non-hydrogen) atoms. The number of rotatable bonds is 12. The van der Waals surface area contributed by atoms with Gasteiger partial charge in [0.2, 0.25) is 0 Å². The zero-order valence-corrected chi connectivity index (χ0v) is 17.2. The first kappa shape index (κ1) is 21.9. The lowest BCUT2D eigenvalue weighted by Crippen LogP contribution is -2.46. The number of β-amino-alcohol motifs (C(OH)–C–C–N with tert-alkyl or cyclic N) is 1. The van der Waals surface area contributed by atoms with E-state index in [0.29, 0.717) is 12.4 Å². The molecule has 0 bridgehead atoms. The molecule has 0 aliphatic carbocycles. The summed E-state index contributed by atoms with van der Waals surface area (Å²) in [5.41, 5.74) is 1.09. The van der Waals surface area contributed by atoms with Crippen LogP contribution >= 0.6 is 23.1 Å². The minimum Gasteiger partial charge on any atom is -0.395 e. The number of thioether (sulfide) groups is 1. The van der Waals surface area contributed by atoms with Crippen LogP contribution in [0.15, 0.2) is 17.4 Å². The molecule has 0 unspecified atom stereocenters. The highest BCUT2D eigenvalue weighted by atomic mass is 32.2. The van der Waals surface area contributed by atoms with Gasteiger partial charge in [0.05, 0.1) is 23.8 Å². The van der Waals surface area contributed by atoms with Crippen LogP contribution in [0.4, 0.5) is 0 Å². The summed E-state index contributed by atoms with van der Waals surface area (Å²) in [4.78, 5) is 19.4. The molecule has 2 heterocycles. The van der Waals surface area contributed by atoms with E-state index in [0.717, 1.165) is 67.7 Å². The molecule has 0 saturated carbocycles. The fourth-order valence-electron chi connectivity index (χ4n) is 2.73. The SMILES string of the molecule is CN/C(=C/[N+](=O)[O-])NCCSCc1csc(CN2CCN(CCO)CC2)n1. The van der Waals surface area contributed by atoms with E-state index >= 15 is 0 Å². The lowest BCUT2D eigenvalue weighted by Gasteiger charge is -2.33. The monoisotopic (exact) mass is 416 g/mol. The van der Waals surface area contributed by atoms with Crippen LogP contribution in [0.5, 0.6) is 0 Å². The van der Waals surface area contributed by atoms with Gasteiger partial charge in [0.25, 0.3) is 6.20 Å². The first-order chi connectivity index (χ1) is 13.1. The van der Waals surface area contributed by atoms with Gasteiger partial charge in [-0.1, -0.05) is 0 Å². The van der Waals surface area contributed by atoms with E-state index in [4.69, 9.17) is 10.1 Å². The number of nitro groups is 1. The third-order valence-corrected chi connectivity index (χ3v) is 6.03. The second kappa shape index (κ2) is 12.1. The molecule has 9 nitrogen and oxygen atoms in total. The summed E-state index contributed by atoms with van der Waals surface area (Å²) in [6.07, 6.45) is 0.932. The second-order valence-electron chi connectivity index (χ2n) is 6.13. The van der Waals surface area contributed by atoms with Gasteiger partial charge < -0.3 is 15.7 Å². The van der Waals surface area contributed by atoms with Crippen molar-refractivity contribution in [1.29, 1.82) is 0 Å². The summed E-state index contributed by atoms with van der Waals surface area (Å²) in [6.45, 7) is 6.56. The van der Waals surface area contributed by atoms with Crippen LogP contribution in [-0.2, 0) is 12.3 Å². The molecular formula is C16H28N6O3S2. The summed E-state index contributed by atoms with van der Waals surface area (Å²) in [5.74, 6) is 2.10. The van der Waals surface area contributed by atoms with Gasteiger partial charge in [-0.2, -0.15) is 11.8 Å². The zero-order chi connectivity index (χ0) is 19.5. The van der Waals surface area contributed by atoms with Gasteiger partial charge in [-0.05, 0) is 0 Å². The van der Waals surface area contributed by atoms with Gasteiger partial charge in [0, 0.05) is 63.2 Å². The maximum Gasteiger partial charge on any atom is 0.274 e. The minimum absolute atomic E-state index is 0.227. The third kappa shape index (κ3) is 8.43. The number of thiazole rings is 1. The maximum atomic E-state index is 10.5. The largest absolute Gasteiger partial charge is 0.395 e. The highest BCUT2D eigenvalue weighted by molar-refractivity contribution is 7.98. The normalized spacial score (nSPS) is 16.4. The number of aliphatic hydroxyl groups excluding tert-OH is 1. The summed E-state index contributed by atoms with van der Waals surface area (Å²) >= 11 is 3.46. The topological polar surface area (TPSA) is 107 Å². The van der Waals surface area contributed by atoms with Crippen LogP contribution in [-0.4, -0.2) is 83.5 Å². The van der Waals surface area contributed by atoms with Gasteiger partial charge in [-0.15, -0.1) is 11.3 Å². The fraction of sp³-hybridized carbons (Fsp3) is 0.688. The van der Waals surface area contributed by atoms with Crippen LogP contribution in [0.25, 0.3) is 0 Å². The quantitative estimate of drug-likeness (QED) is 0.253. The Morgan fingerprint density at radius 1 is 1.44 bits per heavy atom. The van der Waals surface area contributed by atoms with Gasteiger partial charge in [0.1, 0.15) is 5.01 Å². The molecule has 1 aliphatic rings. The van der Waals surface area contributed by atoms with Crippen molar-refractivity contribution >= 4 is 23.1 Å². The molecular weight excluding hydrogens is 388 g/mol. The van der Waals surface area contributed by atoms with E-state index in [9.17, 15) is 10.1 Å². The van der Waals surface area contributed by atoms with Crippen LogP contribution in [0.2, 0.25) is 0 Å². The average Bonchev–Trinajstić information content (AvgIpc) is 3.09. The van der Waals surface area contributed by atoms with E-state index in [1.807, 2.05) is 0 Å². The number of hydrogen-bond acceptors (Lipinski definition) is 10. The van der Waals surface area contributed by atoms with Crippen molar-refractivity contribution in [1.82, 2.24) is 25.4 Å². The Bertz CT molecular complexity index is 605. The van der Waals surface area contributed by atoms with Crippen LogP contribution in [0.1, 0.15) is 10.7 Å². The number of piperazine rings is 1. The highest BCUT2D eigenvalue weighted by Gasteiger charge is 2.17. The Balaban J connectivity index is 1.63. The van der Waals surface area contributed by atoms with Crippen molar-refractivity contribution in [2.75, 3.05) is 58.7 Å². The van der Waals surface area contributed by atoms with Crippen molar-refractivity contribution in [3.8, 4) is 0 Å². The van der Waals surface area contributed by atoms with Crippen LogP contribution in [0.3, 0.4) is 0 Å². The Labute approximate surface area is 168 Å². The first-order valence-corrected chi connectivity index (χ1v) is 11.0. The Morgan fingerprint density at radius 3 is 2.85 bits per heavy atom.